The van der Waals surface area contributed by atoms with Crippen LogP contribution in [0, 0.1) is 13.8 Å². The van der Waals surface area contributed by atoms with Crippen LogP contribution in [0.25, 0.3) is 0 Å². The first kappa shape index (κ1) is 18.4. The topological polar surface area (TPSA) is 68.3 Å². The van der Waals surface area contributed by atoms with Crippen LogP contribution in [-0.2, 0) is 19.7 Å². The molecule has 0 amide bonds. The molecule has 134 valence electrons. The van der Waals surface area contributed by atoms with Crippen LogP contribution >= 0.6 is 0 Å². The van der Waals surface area contributed by atoms with Crippen molar-refractivity contribution in [1.29, 1.82) is 0 Å². The maximum Gasteiger partial charge on any atom is 0.206 e. The van der Waals surface area contributed by atoms with E-state index in [0.29, 0.717) is 5.56 Å². The Morgan fingerprint density at radius 1 is 0.577 bits per heavy atom. The number of sulfone groups is 2. The van der Waals surface area contributed by atoms with Gasteiger partial charge in [-0.1, -0.05) is 36.4 Å². The molecule has 0 aliphatic heterocycles. The zero-order chi connectivity index (χ0) is 18.9. The zero-order valence-corrected chi connectivity index (χ0v) is 16.0. The summed E-state index contributed by atoms with van der Waals surface area (Å²) in [6.07, 6.45) is 0. The average Bonchev–Trinajstić information content (AvgIpc) is 2.64. The predicted octanol–water partition coefficient (Wildman–Crippen LogP) is 3.97. The van der Waals surface area contributed by atoms with Crippen LogP contribution in [0.15, 0.2) is 92.4 Å². The maximum atomic E-state index is 13.0. The molecule has 3 aromatic carbocycles. The third-order valence-corrected chi connectivity index (χ3v) is 7.77. The first-order valence-corrected chi connectivity index (χ1v) is 10.9. The molecule has 3 aromatic rings. The first-order valence-electron chi connectivity index (χ1n) is 7.95. The summed E-state index contributed by atoms with van der Waals surface area (Å²) in [5.41, 5.74) is 1.44. The van der Waals surface area contributed by atoms with Gasteiger partial charge in [0.05, 0.1) is 19.6 Å². The van der Waals surface area contributed by atoms with Crippen LogP contribution in [0.5, 0.6) is 0 Å². The smallest absolute Gasteiger partial charge is 0.206 e. The van der Waals surface area contributed by atoms with E-state index in [-0.39, 0.29) is 19.6 Å². The summed E-state index contributed by atoms with van der Waals surface area (Å²) >= 11 is 0. The molecule has 3 rings (SSSR count). The average molecular weight is 386 g/mol. The molecular weight excluding hydrogens is 368 g/mol. The number of rotatable bonds is 4. The molecule has 0 bridgehead atoms. The molecule has 6 heteroatoms. The van der Waals surface area contributed by atoms with E-state index >= 15 is 0 Å². The van der Waals surface area contributed by atoms with E-state index in [1.165, 1.54) is 36.4 Å². The summed E-state index contributed by atoms with van der Waals surface area (Å²) in [6, 6.07) is 18.6. The van der Waals surface area contributed by atoms with Gasteiger partial charge in [-0.25, -0.2) is 16.8 Å². The summed E-state index contributed by atoms with van der Waals surface area (Å²) in [7, 11) is -7.61. The Hall–Kier alpha value is -2.44. The minimum absolute atomic E-state index is 0.0387. The largest absolute Gasteiger partial charge is 0.219 e. The van der Waals surface area contributed by atoms with Crippen LogP contribution in [0.2, 0.25) is 0 Å². The minimum atomic E-state index is -3.82. The van der Waals surface area contributed by atoms with E-state index in [1.54, 1.807) is 37.3 Å². The van der Waals surface area contributed by atoms with Gasteiger partial charge in [0.2, 0.25) is 19.7 Å². The second kappa shape index (κ2) is 6.70. The van der Waals surface area contributed by atoms with Crippen LogP contribution in [0.3, 0.4) is 0 Å². The van der Waals surface area contributed by atoms with Crippen molar-refractivity contribution >= 4 is 19.7 Å². The minimum Gasteiger partial charge on any atom is -0.219 e. The SMILES string of the molecule is Cc1ccc(C)c(S(=O)(=O)c2cccc(S(=O)(=O)c3ccccc3)c2)c1. The van der Waals surface area contributed by atoms with Gasteiger partial charge in [0.25, 0.3) is 0 Å². The molecule has 0 spiro atoms. The maximum absolute atomic E-state index is 13.0. The molecule has 0 radical (unpaired) electrons. The van der Waals surface area contributed by atoms with Crippen molar-refractivity contribution in [1.82, 2.24) is 0 Å². The van der Waals surface area contributed by atoms with Gasteiger partial charge < -0.3 is 0 Å². The Kier molecular flexibility index (Phi) is 4.73. The molecule has 0 aliphatic rings. The molecule has 0 heterocycles. The molecule has 0 saturated carbocycles. The molecular formula is C20H18O4S2. The Bertz CT molecular complexity index is 1160. The number of hydrogen-bond acceptors (Lipinski definition) is 4. The first-order chi connectivity index (χ1) is 12.2. The van der Waals surface area contributed by atoms with Crippen molar-refractivity contribution in [2.45, 2.75) is 33.4 Å². The van der Waals surface area contributed by atoms with E-state index in [2.05, 4.69) is 0 Å². The van der Waals surface area contributed by atoms with Gasteiger partial charge in [0.15, 0.2) is 0 Å². The highest BCUT2D eigenvalue weighted by Crippen LogP contribution is 2.28. The monoisotopic (exact) mass is 386 g/mol. The Morgan fingerprint density at radius 3 is 1.81 bits per heavy atom. The van der Waals surface area contributed by atoms with Gasteiger partial charge in [-0.05, 0) is 61.4 Å². The zero-order valence-electron chi connectivity index (χ0n) is 14.4. The van der Waals surface area contributed by atoms with Crippen molar-refractivity contribution < 1.29 is 16.8 Å². The molecule has 0 saturated heterocycles. The predicted molar refractivity (Wildman–Crippen MR) is 99.7 cm³/mol. The lowest BCUT2D eigenvalue weighted by molar-refractivity contribution is 0.593. The lowest BCUT2D eigenvalue weighted by Crippen LogP contribution is -2.07. The fourth-order valence-electron chi connectivity index (χ4n) is 2.67. The quantitative estimate of drug-likeness (QED) is 0.680. The molecule has 0 fully saturated rings. The van der Waals surface area contributed by atoms with Crippen molar-refractivity contribution in [2.75, 3.05) is 0 Å². The van der Waals surface area contributed by atoms with Crippen LogP contribution < -0.4 is 0 Å². The van der Waals surface area contributed by atoms with Gasteiger partial charge in [0, 0.05) is 0 Å². The second-order valence-electron chi connectivity index (χ2n) is 6.06. The van der Waals surface area contributed by atoms with Gasteiger partial charge >= 0.3 is 0 Å². The Labute approximate surface area is 154 Å². The standard InChI is InChI=1S/C20H18O4S2/c1-15-11-12-16(2)20(13-15)26(23,24)19-10-6-9-18(14-19)25(21,22)17-7-4-3-5-8-17/h3-14H,1-2H3. The molecule has 4 nitrogen and oxygen atoms in total. The molecule has 0 aliphatic carbocycles. The Balaban J connectivity index is 2.15. The highest BCUT2D eigenvalue weighted by molar-refractivity contribution is 7.92. The fourth-order valence-corrected chi connectivity index (χ4v) is 5.70. The van der Waals surface area contributed by atoms with E-state index in [0.717, 1.165) is 5.56 Å². The second-order valence-corrected chi connectivity index (χ2v) is 9.93. The third-order valence-electron chi connectivity index (χ3n) is 4.11. The molecule has 0 N–H and O–H groups in total. The highest BCUT2D eigenvalue weighted by Gasteiger charge is 2.24. The molecule has 0 atom stereocenters. The van der Waals surface area contributed by atoms with Gasteiger partial charge in [-0.3, -0.25) is 0 Å². The van der Waals surface area contributed by atoms with Crippen molar-refractivity contribution in [2.24, 2.45) is 0 Å². The van der Waals surface area contributed by atoms with Gasteiger partial charge in [-0.2, -0.15) is 0 Å². The lowest BCUT2D eigenvalue weighted by atomic mass is 10.2. The third kappa shape index (κ3) is 3.30. The van der Waals surface area contributed by atoms with Crippen LogP contribution in [0.4, 0.5) is 0 Å². The van der Waals surface area contributed by atoms with E-state index in [9.17, 15) is 16.8 Å². The van der Waals surface area contributed by atoms with E-state index in [4.69, 9.17) is 0 Å². The van der Waals surface area contributed by atoms with Crippen molar-refractivity contribution in [3.8, 4) is 0 Å². The van der Waals surface area contributed by atoms with E-state index < -0.39 is 19.7 Å². The summed E-state index contributed by atoms with van der Waals surface area (Å²) in [5.74, 6) is 0. The van der Waals surface area contributed by atoms with Crippen LogP contribution in [0.1, 0.15) is 11.1 Å². The number of aryl methyl sites for hydroxylation is 2. The summed E-state index contributed by atoms with van der Waals surface area (Å²) in [5, 5.41) is 0. The summed E-state index contributed by atoms with van der Waals surface area (Å²) < 4.78 is 51.6. The molecule has 0 unspecified atom stereocenters. The fraction of sp³-hybridized carbons (Fsp3) is 0.100. The van der Waals surface area contributed by atoms with Crippen molar-refractivity contribution in [3.05, 3.63) is 83.9 Å². The number of hydrogen-bond donors (Lipinski definition) is 0. The summed E-state index contributed by atoms with van der Waals surface area (Å²) in [4.78, 5) is 0.228. The molecule has 26 heavy (non-hydrogen) atoms. The van der Waals surface area contributed by atoms with Gasteiger partial charge in [-0.15, -0.1) is 0 Å². The van der Waals surface area contributed by atoms with Crippen LogP contribution in [-0.4, -0.2) is 16.8 Å². The summed E-state index contributed by atoms with van der Waals surface area (Å²) in [6.45, 7) is 3.53. The van der Waals surface area contributed by atoms with E-state index in [1.807, 2.05) is 13.0 Å². The Morgan fingerprint density at radius 2 is 1.15 bits per heavy atom. The number of benzene rings is 3. The normalized spacial score (nSPS) is 12.1. The van der Waals surface area contributed by atoms with Gasteiger partial charge in [0.1, 0.15) is 0 Å². The molecule has 0 aromatic heterocycles. The highest BCUT2D eigenvalue weighted by atomic mass is 32.2. The lowest BCUT2D eigenvalue weighted by Gasteiger charge is -2.11. The van der Waals surface area contributed by atoms with Crippen molar-refractivity contribution in [3.63, 3.8) is 0 Å².